The molecule has 0 radical (unpaired) electrons. The van der Waals surface area contributed by atoms with Crippen LogP contribution in [0.5, 0.6) is 0 Å². The fourth-order valence-electron chi connectivity index (χ4n) is 1.81. The lowest BCUT2D eigenvalue weighted by molar-refractivity contribution is -0.704. The van der Waals surface area contributed by atoms with Gasteiger partial charge in [0.2, 0.25) is 0 Å². The van der Waals surface area contributed by atoms with Crippen molar-refractivity contribution >= 4 is 0 Å². The fourth-order valence-corrected chi connectivity index (χ4v) is 1.81. The van der Waals surface area contributed by atoms with Crippen LogP contribution in [0.25, 0.3) is 0 Å². The summed E-state index contributed by atoms with van der Waals surface area (Å²) in [6.07, 6.45) is 5.90. The molecule has 0 unspecified atom stereocenters. The summed E-state index contributed by atoms with van der Waals surface area (Å²) in [5.74, 6) is 0. The normalized spacial score (nSPS) is 23.8. The lowest BCUT2D eigenvalue weighted by atomic mass is 10.0. The Morgan fingerprint density at radius 1 is 1.33 bits per heavy atom. The molecule has 2 nitrogen and oxygen atoms in total. The Labute approximate surface area is 73.0 Å². The zero-order chi connectivity index (χ0) is 8.23. The molecule has 12 heavy (non-hydrogen) atoms. The number of hydrogen-bond acceptors (Lipinski definition) is 1. The van der Waals surface area contributed by atoms with Gasteiger partial charge in [-0.2, -0.15) is 0 Å². The summed E-state index contributed by atoms with van der Waals surface area (Å²) in [6, 6.07) is 6.81. The fraction of sp³-hybridized carbons (Fsp3) is 0.500. The third kappa shape index (κ3) is 1.64. The zero-order valence-electron chi connectivity index (χ0n) is 7.24. The number of piperidine rings is 1. The highest BCUT2D eigenvalue weighted by molar-refractivity contribution is 5.06. The van der Waals surface area contributed by atoms with Crippen LogP contribution in [0.3, 0.4) is 0 Å². The molecule has 64 valence electrons. The van der Waals surface area contributed by atoms with Crippen LogP contribution in [0.15, 0.2) is 24.4 Å². The first-order chi connectivity index (χ1) is 5.97. The number of nitrogens with zero attached hydrogens (tertiary/aromatic N) is 1. The van der Waals surface area contributed by atoms with Crippen LogP contribution in [0.4, 0.5) is 0 Å². The number of rotatable bonds is 1. The van der Waals surface area contributed by atoms with E-state index in [0.717, 1.165) is 0 Å². The quantitative estimate of drug-likeness (QED) is 0.654. The molecule has 1 aromatic heterocycles. The summed E-state index contributed by atoms with van der Waals surface area (Å²) in [5, 5.41) is 2.41. The van der Waals surface area contributed by atoms with Crippen LogP contribution < -0.4 is 5.32 Å². The van der Waals surface area contributed by atoms with Crippen molar-refractivity contribution in [2.75, 3.05) is 6.54 Å². The molecule has 1 aliphatic rings. The van der Waals surface area contributed by atoms with Crippen LogP contribution in [-0.2, 0) is 0 Å². The van der Waals surface area contributed by atoms with Crippen LogP contribution in [0.1, 0.15) is 31.0 Å². The van der Waals surface area contributed by atoms with Crippen LogP contribution in [0, 0.1) is 0 Å². The van der Waals surface area contributed by atoms with E-state index in [1.165, 1.54) is 31.5 Å². The number of aromatic nitrogens is 1. The van der Waals surface area contributed by atoms with E-state index in [2.05, 4.69) is 22.4 Å². The maximum absolute atomic E-state index is 4.37. The lowest BCUT2D eigenvalue weighted by Gasteiger charge is -2.19. The van der Waals surface area contributed by atoms with Crippen LogP contribution >= 0.6 is 0 Å². The van der Waals surface area contributed by atoms with Crippen molar-refractivity contribution < 1.29 is 5.32 Å². The van der Waals surface area contributed by atoms with E-state index >= 15 is 0 Å². The Balaban J connectivity index is 2.08. The third-order valence-electron chi connectivity index (χ3n) is 2.49. The lowest BCUT2D eigenvalue weighted by Crippen LogP contribution is -2.86. The first-order valence-corrected chi connectivity index (χ1v) is 4.71. The second-order valence-electron chi connectivity index (χ2n) is 3.38. The third-order valence-corrected chi connectivity index (χ3v) is 2.49. The highest BCUT2D eigenvalue weighted by atomic mass is 14.9. The van der Waals surface area contributed by atoms with Gasteiger partial charge in [0, 0.05) is 12.6 Å². The molecule has 2 N–H and O–H groups in total. The summed E-state index contributed by atoms with van der Waals surface area (Å²) in [5.41, 5.74) is 1.25. The van der Waals surface area contributed by atoms with Gasteiger partial charge < -0.3 is 5.32 Å². The van der Waals surface area contributed by atoms with Gasteiger partial charge in [0.15, 0.2) is 0 Å². The summed E-state index contributed by atoms with van der Waals surface area (Å²) >= 11 is 0. The van der Waals surface area contributed by atoms with Gasteiger partial charge in [-0.15, -0.1) is 0 Å². The molecular formula is C10H15N2+. The first-order valence-electron chi connectivity index (χ1n) is 4.71. The van der Waals surface area contributed by atoms with Crippen molar-refractivity contribution in [1.82, 2.24) is 4.98 Å². The second kappa shape index (κ2) is 3.68. The van der Waals surface area contributed by atoms with Gasteiger partial charge >= 0.3 is 0 Å². The molecule has 2 rings (SSSR count). The van der Waals surface area contributed by atoms with Crippen molar-refractivity contribution in [2.24, 2.45) is 0 Å². The van der Waals surface area contributed by atoms with E-state index in [1.54, 1.807) is 0 Å². The maximum atomic E-state index is 4.37. The average Bonchev–Trinajstić information content (AvgIpc) is 2.21. The zero-order valence-corrected chi connectivity index (χ0v) is 7.24. The van der Waals surface area contributed by atoms with E-state index in [-0.39, 0.29) is 0 Å². The molecule has 1 aromatic rings. The SMILES string of the molecule is c1ccc([C@@H]2CCCC[NH2+]2)nc1. The van der Waals surface area contributed by atoms with E-state index in [4.69, 9.17) is 0 Å². The molecule has 2 heterocycles. The van der Waals surface area contributed by atoms with E-state index in [9.17, 15) is 0 Å². The number of quaternary nitrogens is 1. The van der Waals surface area contributed by atoms with Gasteiger partial charge in [-0.3, -0.25) is 4.98 Å². The van der Waals surface area contributed by atoms with E-state index in [1.807, 2.05) is 12.3 Å². The van der Waals surface area contributed by atoms with E-state index < -0.39 is 0 Å². The standard InChI is InChI=1S/C10H14N2/c1-3-7-11-9(5-1)10-6-2-4-8-12-10/h1,3,5,7,10,12H,2,4,6,8H2/p+1/t10-/m0/s1. The number of nitrogens with two attached hydrogens (primary N) is 1. The smallest absolute Gasteiger partial charge is 0.129 e. The molecule has 1 saturated heterocycles. The summed E-state index contributed by atoms with van der Waals surface area (Å²) < 4.78 is 0. The predicted octanol–water partition coefficient (Wildman–Crippen LogP) is 0.870. The average molecular weight is 163 g/mol. The van der Waals surface area contributed by atoms with Crippen LogP contribution in [0.2, 0.25) is 0 Å². The molecule has 0 aliphatic carbocycles. The molecule has 0 spiro atoms. The van der Waals surface area contributed by atoms with Gasteiger partial charge in [0.25, 0.3) is 0 Å². The minimum Gasteiger partial charge on any atom is -0.339 e. The summed E-state index contributed by atoms with van der Waals surface area (Å²) in [6.45, 7) is 1.27. The van der Waals surface area contributed by atoms with Gasteiger partial charge in [0.1, 0.15) is 6.04 Å². The Kier molecular flexibility index (Phi) is 2.37. The second-order valence-corrected chi connectivity index (χ2v) is 3.38. The van der Waals surface area contributed by atoms with E-state index in [0.29, 0.717) is 6.04 Å². The molecule has 2 heteroatoms. The molecule has 1 aliphatic heterocycles. The van der Waals surface area contributed by atoms with Crippen molar-refractivity contribution in [3.63, 3.8) is 0 Å². The maximum Gasteiger partial charge on any atom is 0.129 e. The number of pyridine rings is 1. The van der Waals surface area contributed by atoms with Crippen molar-refractivity contribution in [1.29, 1.82) is 0 Å². The Morgan fingerprint density at radius 3 is 3.00 bits per heavy atom. The topological polar surface area (TPSA) is 29.5 Å². The molecule has 1 atom stereocenters. The Morgan fingerprint density at radius 2 is 2.33 bits per heavy atom. The van der Waals surface area contributed by atoms with Crippen molar-refractivity contribution in [3.8, 4) is 0 Å². The largest absolute Gasteiger partial charge is 0.339 e. The minimum atomic E-state index is 0.625. The molecule has 0 bridgehead atoms. The molecular weight excluding hydrogens is 148 g/mol. The summed E-state index contributed by atoms with van der Waals surface area (Å²) in [4.78, 5) is 4.37. The van der Waals surface area contributed by atoms with Crippen LogP contribution in [-0.4, -0.2) is 11.5 Å². The predicted molar refractivity (Wildman–Crippen MR) is 47.6 cm³/mol. The summed E-state index contributed by atoms with van der Waals surface area (Å²) in [7, 11) is 0. The molecule has 1 fully saturated rings. The monoisotopic (exact) mass is 163 g/mol. The Bertz CT molecular complexity index is 227. The Hall–Kier alpha value is -0.890. The van der Waals surface area contributed by atoms with Gasteiger partial charge in [-0.1, -0.05) is 6.07 Å². The minimum absolute atomic E-state index is 0.625. The van der Waals surface area contributed by atoms with Crippen molar-refractivity contribution in [3.05, 3.63) is 30.1 Å². The van der Waals surface area contributed by atoms with Gasteiger partial charge in [0.05, 0.1) is 12.2 Å². The van der Waals surface area contributed by atoms with Gasteiger partial charge in [-0.25, -0.2) is 0 Å². The highest BCUT2D eigenvalue weighted by Gasteiger charge is 2.18. The first kappa shape index (κ1) is 7.74. The molecule has 0 saturated carbocycles. The molecule has 0 amide bonds. The number of hydrogen-bond donors (Lipinski definition) is 1. The molecule has 0 aromatic carbocycles. The highest BCUT2D eigenvalue weighted by Crippen LogP contribution is 2.14. The van der Waals surface area contributed by atoms with Crippen molar-refractivity contribution in [2.45, 2.75) is 25.3 Å². The van der Waals surface area contributed by atoms with Gasteiger partial charge in [-0.05, 0) is 25.0 Å².